The fraction of sp³-hybridized carbons (Fsp3) is 0.462. The van der Waals surface area contributed by atoms with Gasteiger partial charge in [0.05, 0.1) is 5.92 Å². The summed E-state index contributed by atoms with van der Waals surface area (Å²) in [6, 6.07) is 7.84. The Morgan fingerprint density at radius 1 is 1.47 bits per heavy atom. The maximum atomic E-state index is 11.8. The van der Waals surface area contributed by atoms with Crippen LogP contribution in [0.25, 0.3) is 0 Å². The first-order chi connectivity index (χ1) is 7.90. The first-order valence-electron chi connectivity index (χ1n) is 5.69. The van der Waals surface area contributed by atoms with E-state index >= 15 is 0 Å². The van der Waals surface area contributed by atoms with E-state index in [9.17, 15) is 4.79 Å². The van der Waals surface area contributed by atoms with Crippen molar-refractivity contribution >= 4 is 34.8 Å². The molecule has 1 aromatic carbocycles. The maximum Gasteiger partial charge on any atom is 0.230 e. The molecule has 1 aliphatic rings. The van der Waals surface area contributed by atoms with Crippen LogP contribution in [0.15, 0.2) is 24.3 Å². The molecule has 1 atom stereocenters. The Morgan fingerprint density at radius 3 is 2.65 bits per heavy atom. The third kappa shape index (κ3) is 2.93. The number of amides is 1. The van der Waals surface area contributed by atoms with Crippen LogP contribution in [-0.2, 0) is 4.79 Å². The molecule has 1 unspecified atom stereocenters. The summed E-state index contributed by atoms with van der Waals surface area (Å²) in [6.07, 6.45) is 0.534. The van der Waals surface area contributed by atoms with Crippen LogP contribution in [0.4, 0.5) is 5.69 Å². The predicted molar refractivity (Wildman–Crippen MR) is 71.7 cm³/mol. The lowest BCUT2D eigenvalue weighted by atomic mass is 10.0. The molecule has 1 aliphatic carbocycles. The van der Waals surface area contributed by atoms with Gasteiger partial charge in [-0.05, 0) is 30.0 Å². The summed E-state index contributed by atoms with van der Waals surface area (Å²) in [5.74, 6) is 0.0531. The van der Waals surface area contributed by atoms with Crippen LogP contribution in [-0.4, -0.2) is 10.2 Å². The van der Waals surface area contributed by atoms with E-state index in [0.29, 0.717) is 12.3 Å². The first kappa shape index (κ1) is 12.7. The molecule has 0 saturated heterocycles. The number of benzene rings is 1. The fourth-order valence-electron chi connectivity index (χ4n) is 1.70. The number of halogens is 2. The molecule has 1 amide bonds. The van der Waals surface area contributed by atoms with E-state index in [2.05, 4.69) is 19.2 Å². The molecule has 0 aromatic heterocycles. The molecule has 1 saturated carbocycles. The summed E-state index contributed by atoms with van der Waals surface area (Å²) in [5, 5.41) is 2.85. The highest BCUT2D eigenvalue weighted by Crippen LogP contribution is 2.53. The summed E-state index contributed by atoms with van der Waals surface area (Å²) in [5.41, 5.74) is 2.00. The number of hydrogen-bond acceptors (Lipinski definition) is 1. The zero-order chi connectivity index (χ0) is 12.6. The van der Waals surface area contributed by atoms with Crippen LogP contribution in [0, 0.1) is 5.92 Å². The molecule has 0 radical (unpaired) electrons. The normalized spacial score (nSPS) is 21.4. The van der Waals surface area contributed by atoms with Gasteiger partial charge in [0.15, 0.2) is 0 Å². The highest BCUT2D eigenvalue weighted by Gasteiger charge is 2.56. The molecular weight excluding hydrogens is 257 g/mol. The summed E-state index contributed by atoms with van der Waals surface area (Å²) in [4.78, 5) is 11.8. The van der Waals surface area contributed by atoms with Gasteiger partial charge in [-0.1, -0.05) is 26.0 Å². The van der Waals surface area contributed by atoms with Crippen molar-refractivity contribution in [3.05, 3.63) is 29.8 Å². The minimum absolute atomic E-state index is 0.101. The van der Waals surface area contributed by atoms with Gasteiger partial charge in [0.1, 0.15) is 4.33 Å². The van der Waals surface area contributed by atoms with Gasteiger partial charge in [-0.3, -0.25) is 4.79 Å². The second-order valence-electron chi connectivity index (χ2n) is 4.79. The van der Waals surface area contributed by atoms with Crippen LogP contribution in [0.2, 0.25) is 0 Å². The number of carbonyl (C=O) groups excluding carboxylic acids is 1. The van der Waals surface area contributed by atoms with Crippen LogP contribution in [0.1, 0.15) is 31.7 Å². The van der Waals surface area contributed by atoms with Gasteiger partial charge in [0.2, 0.25) is 5.91 Å². The van der Waals surface area contributed by atoms with Crippen molar-refractivity contribution in [3.63, 3.8) is 0 Å². The molecule has 0 heterocycles. The van der Waals surface area contributed by atoms with Crippen molar-refractivity contribution < 1.29 is 4.79 Å². The predicted octanol–water partition coefficient (Wildman–Crippen LogP) is 3.94. The molecular formula is C13H15Cl2NO. The van der Waals surface area contributed by atoms with Crippen molar-refractivity contribution in [2.45, 2.75) is 30.5 Å². The summed E-state index contributed by atoms with van der Waals surface area (Å²) >= 11 is 11.7. The number of nitrogens with one attached hydrogen (secondary N) is 1. The first-order valence-corrected chi connectivity index (χ1v) is 6.44. The zero-order valence-electron chi connectivity index (χ0n) is 9.84. The molecule has 0 spiro atoms. The average molecular weight is 272 g/mol. The SMILES string of the molecule is CC(C)c1cccc(NC(=O)C2CC2(Cl)Cl)c1. The van der Waals surface area contributed by atoms with Gasteiger partial charge in [-0.15, -0.1) is 23.2 Å². The molecule has 1 N–H and O–H groups in total. The lowest BCUT2D eigenvalue weighted by Gasteiger charge is -2.09. The summed E-state index contributed by atoms with van der Waals surface area (Å²) in [7, 11) is 0. The molecule has 0 bridgehead atoms. The van der Waals surface area contributed by atoms with Crippen molar-refractivity contribution in [1.29, 1.82) is 0 Å². The Hall–Kier alpha value is -0.730. The topological polar surface area (TPSA) is 29.1 Å². The van der Waals surface area contributed by atoms with Gasteiger partial charge in [-0.2, -0.15) is 0 Å². The van der Waals surface area contributed by atoms with E-state index < -0.39 is 4.33 Å². The monoisotopic (exact) mass is 271 g/mol. The fourth-order valence-corrected chi connectivity index (χ4v) is 2.21. The Labute approximate surface area is 111 Å². The number of hydrogen-bond donors (Lipinski definition) is 1. The van der Waals surface area contributed by atoms with E-state index in [1.807, 2.05) is 24.3 Å². The quantitative estimate of drug-likeness (QED) is 0.829. The summed E-state index contributed by atoms with van der Waals surface area (Å²) < 4.78 is -0.861. The average Bonchev–Trinajstić information content (AvgIpc) is 2.88. The molecule has 92 valence electrons. The molecule has 2 rings (SSSR count). The number of carbonyl (C=O) groups is 1. The van der Waals surface area contributed by atoms with Gasteiger partial charge >= 0.3 is 0 Å². The standard InChI is InChI=1S/C13H15Cl2NO/c1-8(2)9-4-3-5-10(6-9)16-12(17)11-7-13(11,14)15/h3-6,8,11H,7H2,1-2H3,(H,16,17). The minimum atomic E-state index is -0.861. The van der Waals surface area contributed by atoms with Crippen LogP contribution >= 0.6 is 23.2 Å². The smallest absolute Gasteiger partial charge is 0.230 e. The molecule has 2 nitrogen and oxygen atoms in total. The van der Waals surface area contributed by atoms with E-state index in [0.717, 1.165) is 5.69 Å². The van der Waals surface area contributed by atoms with Crippen molar-refractivity contribution in [3.8, 4) is 0 Å². The van der Waals surface area contributed by atoms with E-state index in [4.69, 9.17) is 23.2 Å². The van der Waals surface area contributed by atoms with Gasteiger partial charge < -0.3 is 5.32 Å². The van der Waals surface area contributed by atoms with Gasteiger partial charge in [-0.25, -0.2) is 0 Å². The zero-order valence-corrected chi connectivity index (χ0v) is 11.3. The minimum Gasteiger partial charge on any atom is -0.326 e. The molecule has 0 aliphatic heterocycles. The van der Waals surface area contributed by atoms with Crippen LogP contribution < -0.4 is 5.32 Å². The second kappa shape index (κ2) is 4.51. The molecule has 4 heteroatoms. The van der Waals surface area contributed by atoms with Crippen LogP contribution in [0.3, 0.4) is 0 Å². The Balaban J connectivity index is 2.04. The van der Waals surface area contributed by atoms with E-state index in [-0.39, 0.29) is 11.8 Å². The van der Waals surface area contributed by atoms with Crippen LogP contribution in [0.5, 0.6) is 0 Å². The molecule has 17 heavy (non-hydrogen) atoms. The Morgan fingerprint density at radius 2 is 2.12 bits per heavy atom. The lowest BCUT2D eigenvalue weighted by Crippen LogP contribution is -2.16. The Bertz CT molecular complexity index is 443. The molecule has 1 fully saturated rings. The van der Waals surface area contributed by atoms with E-state index in [1.165, 1.54) is 5.56 Å². The number of alkyl halides is 2. The highest BCUT2D eigenvalue weighted by atomic mass is 35.5. The van der Waals surface area contributed by atoms with Crippen molar-refractivity contribution in [2.24, 2.45) is 5.92 Å². The second-order valence-corrected chi connectivity index (χ2v) is 6.33. The lowest BCUT2D eigenvalue weighted by molar-refractivity contribution is -0.117. The summed E-state index contributed by atoms with van der Waals surface area (Å²) in [6.45, 7) is 4.23. The maximum absolute atomic E-state index is 11.8. The third-order valence-corrected chi connectivity index (χ3v) is 3.80. The van der Waals surface area contributed by atoms with Gasteiger partial charge in [0.25, 0.3) is 0 Å². The largest absolute Gasteiger partial charge is 0.326 e. The van der Waals surface area contributed by atoms with Gasteiger partial charge in [0, 0.05) is 5.69 Å². The Kier molecular flexibility index (Phi) is 3.37. The number of rotatable bonds is 3. The molecule has 1 aromatic rings. The number of anilines is 1. The van der Waals surface area contributed by atoms with E-state index in [1.54, 1.807) is 0 Å². The third-order valence-electron chi connectivity index (χ3n) is 2.96. The van der Waals surface area contributed by atoms with Crippen molar-refractivity contribution in [1.82, 2.24) is 0 Å². The van der Waals surface area contributed by atoms with Crippen molar-refractivity contribution in [2.75, 3.05) is 5.32 Å². The highest BCUT2D eigenvalue weighted by molar-refractivity contribution is 6.52.